The number of carbonyl (C=O) groups is 1. The number of nitrogens with zero attached hydrogens (tertiary/aromatic N) is 3. The van der Waals surface area contributed by atoms with Crippen LogP contribution in [0, 0.1) is 6.92 Å². The third-order valence-electron chi connectivity index (χ3n) is 3.59. The van der Waals surface area contributed by atoms with Crippen molar-refractivity contribution in [2.75, 3.05) is 13.2 Å². The Labute approximate surface area is 128 Å². The van der Waals surface area contributed by atoms with Gasteiger partial charge in [-0.2, -0.15) is 0 Å². The molecular weight excluding hydrogens is 282 g/mol. The zero-order valence-corrected chi connectivity index (χ0v) is 12.3. The number of hydrogen-bond acceptors (Lipinski definition) is 5. The Balaban J connectivity index is 1.74. The predicted molar refractivity (Wildman–Crippen MR) is 79.8 cm³/mol. The van der Waals surface area contributed by atoms with Crippen molar-refractivity contribution in [3.8, 4) is 5.75 Å². The van der Waals surface area contributed by atoms with E-state index in [1.54, 1.807) is 0 Å². The normalized spacial score (nSPS) is 14.8. The smallest absolute Gasteiger partial charge is 0.356 e. The SMILES string of the molecule is Cc1ccc2c(c1)CN(Cc1cnc(C(=O)O)cn1)CCO2. The average Bonchev–Trinajstić information content (AvgIpc) is 2.69. The molecule has 2 aromatic rings. The summed E-state index contributed by atoms with van der Waals surface area (Å²) >= 11 is 0. The largest absolute Gasteiger partial charge is 0.492 e. The molecule has 1 N–H and O–H groups in total. The van der Waals surface area contributed by atoms with Crippen molar-refractivity contribution in [2.45, 2.75) is 20.0 Å². The molecule has 0 amide bonds. The average molecular weight is 299 g/mol. The van der Waals surface area contributed by atoms with Crippen molar-refractivity contribution < 1.29 is 14.6 Å². The van der Waals surface area contributed by atoms with Gasteiger partial charge in [0.15, 0.2) is 5.69 Å². The van der Waals surface area contributed by atoms with Gasteiger partial charge in [0.1, 0.15) is 12.4 Å². The summed E-state index contributed by atoms with van der Waals surface area (Å²) in [4.78, 5) is 21.1. The Kier molecular flexibility index (Phi) is 4.02. The zero-order chi connectivity index (χ0) is 15.5. The van der Waals surface area contributed by atoms with E-state index in [2.05, 4.69) is 27.9 Å². The number of aromatic nitrogens is 2. The van der Waals surface area contributed by atoms with E-state index in [0.717, 1.165) is 30.1 Å². The third kappa shape index (κ3) is 3.23. The van der Waals surface area contributed by atoms with Crippen LogP contribution in [0.25, 0.3) is 0 Å². The van der Waals surface area contributed by atoms with E-state index in [-0.39, 0.29) is 5.69 Å². The number of fused-ring (bicyclic) bond motifs is 1. The fourth-order valence-corrected chi connectivity index (χ4v) is 2.49. The molecule has 1 aliphatic rings. The van der Waals surface area contributed by atoms with Crippen molar-refractivity contribution in [3.05, 3.63) is 53.1 Å². The van der Waals surface area contributed by atoms with Crippen molar-refractivity contribution in [1.29, 1.82) is 0 Å². The van der Waals surface area contributed by atoms with E-state index >= 15 is 0 Å². The second-order valence-electron chi connectivity index (χ2n) is 5.37. The molecular formula is C16H17N3O3. The Morgan fingerprint density at radius 3 is 2.95 bits per heavy atom. The van der Waals surface area contributed by atoms with Gasteiger partial charge in [0.2, 0.25) is 0 Å². The van der Waals surface area contributed by atoms with Crippen LogP contribution in [0.15, 0.2) is 30.6 Å². The lowest BCUT2D eigenvalue weighted by atomic mass is 10.1. The van der Waals surface area contributed by atoms with Crippen LogP contribution < -0.4 is 4.74 Å². The van der Waals surface area contributed by atoms with Gasteiger partial charge in [-0.25, -0.2) is 9.78 Å². The molecule has 2 heterocycles. The molecule has 0 unspecified atom stereocenters. The quantitative estimate of drug-likeness (QED) is 0.932. The van der Waals surface area contributed by atoms with Crippen LogP contribution in [-0.4, -0.2) is 39.1 Å². The molecule has 6 nitrogen and oxygen atoms in total. The van der Waals surface area contributed by atoms with E-state index < -0.39 is 5.97 Å². The number of ether oxygens (including phenoxy) is 1. The Morgan fingerprint density at radius 1 is 1.36 bits per heavy atom. The molecule has 0 spiro atoms. The fourth-order valence-electron chi connectivity index (χ4n) is 2.49. The summed E-state index contributed by atoms with van der Waals surface area (Å²) < 4.78 is 5.77. The number of benzene rings is 1. The maximum Gasteiger partial charge on any atom is 0.356 e. The summed E-state index contributed by atoms with van der Waals surface area (Å²) in [7, 11) is 0. The number of aryl methyl sites for hydroxylation is 1. The molecule has 114 valence electrons. The summed E-state index contributed by atoms with van der Waals surface area (Å²) in [6.07, 6.45) is 2.82. The van der Waals surface area contributed by atoms with E-state index in [1.165, 1.54) is 18.0 Å². The monoisotopic (exact) mass is 299 g/mol. The van der Waals surface area contributed by atoms with Crippen LogP contribution >= 0.6 is 0 Å². The predicted octanol–water partition coefficient (Wildman–Crippen LogP) is 1.88. The van der Waals surface area contributed by atoms with Crippen LogP contribution in [0.3, 0.4) is 0 Å². The number of hydrogen-bond donors (Lipinski definition) is 1. The molecule has 1 aromatic carbocycles. The molecule has 0 saturated heterocycles. The lowest BCUT2D eigenvalue weighted by Crippen LogP contribution is -2.26. The zero-order valence-electron chi connectivity index (χ0n) is 12.3. The highest BCUT2D eigenvalue weighted by Gasteiger charge is 2.16. The Hall–Kier alpha value is -2.47. The van der Waals surface area contributed by atoms with Crippen LogP contribution in [0.1, 0.15) is 27.3 Å². The first-order valence-corrected chi connectivity index (χ1v) is 7.11. The van der Waals surface area contributed by atoms with Crippen molar-refractivity contribution >= 4 is 5.97 Å². The highest BCUT2D eigenvalue weighted by atomic mass is 16.5. The van der Waals surface area contributed by atoms with Crippen LogP contribution in [0.4, 0.5) is 0 Å². The van der Waals surface area contributed by atoms with Crippen molar-refractivity contribution in [1.82, 2.24) is 14.9 Å². The van der Waals surface area contributed by atoms with Gasteiger partial charge in [-0.3, -0.25) is 9.88 Å². The minimum absolute atomic E-state index is 0.0380. The lowest BCUT2D eigenvalue weighted by molar-refractivity contribution is 0.0690. The molecule has 0 radical (unpaired) electrons. The number of carboxylic acid groups (broad SMARTS) is 1. The van der Waals surface area contributed by atoms with E-state index in [4.69, 9.17) is 9.84 Å². The second-order valence-corrected chi connectivity index (χ2v) is 5.37. The number of carboxylic acids is 1. The Bertz CT molecular complexity index is 686. The third-order valence-corrected chi connectivity index (χ3v) is 3.59. The fraction of sp³-hybridized carbons (Fsp3) is 0.312. The van der Waals surface area contributed by atoms with E-state index in [0.29, 0.717) is 13.2 Å². The first kappa shape index (κ1) is 14.5. The minimum atomic E-state index is -1.06. The van der Waals surface area contributed by atoms with Gasteiger partial charge in [-0.1, -0.05) is 17.7 Å². The number of aromatic carboxylic acids is 1. The topological polar surface area (TPSA) is 75.6 Å². The van der Waals surface area contributed by atoms with Gasteiger partial charge in [0.05, 0.1) is 18.1 Å². The molecule has 0 atom stereocenters. The summed E-state index contributed by atoms with van der Waals surface area (Å²) in [5, 5.41) is 8.84. The first-order chi connectivity index (χ1) is 10.6. The summed E-state index contributed by atoms with van der Waals surface area (Å²) in [6.45, 7) is 4.86. The minimum Gasteiger partial charge on any atom is -0.492 e. The molecule has 3 rings (SSSR count). The summed E-state index contributed by atoms with van der Waals surface area (Å²) in [6, 6.07) is 6.19. The van der Waals surface area contributed by atoms with Gasteiger partial charge < -0.3 is 9.84 Å². The molecule has 0 aliphatic carbocycles. The van der Waals surface area contributed by atoms with Gasteiger partial charge in [0.25, 0.3) is 0 Å². The lowest BCUT2D eigenvalue weighted by Gasteiger charge is -2.18. The molecule has 6 heteroatoms. The molecule has 0 fully saturated rings. The molecule has 22 heavy (non-hydrogen) atoms. The van der Waals surface area contributed by atoms with Gasteiger partial charge in [-0.15, -0.1) is 0 Å². The van der Waals surface area contributed by atoms with Gasteiger partial charge in [0, 0.05) is 25.2 Å². The highest BCUT2D eigenvalue weighted by molar-refractivity contribution is 5.84. The van der Waals surface area contributed by atoms with Crippen molar-refractivity contribution in [2.24, 2.45) is 0 Å². The van der Waals surface area contributed by atoms with Gasteiger partial charge in [-0.05, 0) is 13.0 Å². The van der Waals surface area contributed by atoms with Crippen LogP contribution in [-0.2, 0) is 13.1 Å². The second kappa shape index (κ2) is 6.11. The molecule has 1 aliphatic heterocycles. The Morgan fingerprint density at radius 2 is 2.23 bits per heavy atom. The van der Waals surface area contributed by atoms with Crippen molar-refractivity contribution in [3.63, 3.8) is 0 Å². The molecule has 1 aromatic heterocycles. The van der Waals surface area contributed by atoms with E-state index in [9.17, 15) is 4.79 Å². The maximum atomic E-state index is 10.8. The van der Waals surface area contributed by atoms with E-state index in [1.807, 2.05) is 12.1 Å². The maximum absolute atomic E-state index is 10.8. The van der Waals surface area contributed by atoms with Crippen LogP contribution in [0.5, 0.6) is 5.75 Å². The first-order valence-electron chi connectivity index (χ1n) is 7.11. The highest BCUT2D eigenvalue weighted by Crippen LogP contribution is 2.24. The standard InChI is InChI=1S/C16H17N3O3/c1-11-2-3-15-12(6-11)9-19(4-5-22-15)10-13-7-18-14(8-17-13)16(20)21/h2-3,6-8H,4-5,9-10H2,1H3,(H,20,21). The summed E-state index contributed by atoms with van der Waals surface area (Å²) in [5.74, 6) is -0.132. The molecule has 0 bridgehead atoms. The van der Waals surface area contributed by atoms with Crippen LogP contribution in [0.2, 0.25) is 0 Å². The molecule has 0 saturated carbocycles. The summed E-state index contributed by atoms with van der Waals surface area (Å²) in [5.41, 5.74) is 3.08. The number of rotatable bonds is 3. The van der Waals surface area contributed by atoms with Gasteiger partial charge >= 0.3 is 5.97 Å².